The SMILES string of the molecule is C=C1/C(=C/C=C2\CCC[C@]3(C)[C@@H](C(=C)CO)CC[C@@H]23)C[C@@H](O[Si](c2ccccc2)(c2ccccc2)C(C)(C)C)C[C@@H]1O[Si](c1ccccc1)(c1ccccc1)C(C)(C)C. The van der Waals surface area contributed by atoms with E-state index in [-0.39, 0.29) is 34.3 Å². The Bertz CT molecular complexity index is 2050. The summed E-state index contributed by atoms with van der Waals surface area (Å²) in [4.78, 5) is 0. The third-order valence-corrected chi connectivity index (χ3v) is 24.5. The van der Waals surface area contributed by atoms with Crippen LogP contribution in [-0.2, 0) is 8.85 Å². The number of aliphatic hydroxyl groups is 1. The van der Waals surface area contributed by atoms with Crippen molar-refractivity contribution in [2.24, 2.45) is 17.3 Å². The van der Waals surface area contributed by atoms with Gasteiger partial charge in [-0.3, -0.25) is 0 Å². The monoisotopic (exact) mass is 820 g/mol. The summed E-state index contributed by atoms with van der Waals surface area (Å²) in [6.07, 6.45) is 11.7. The van der Waals surface area contributed by atoms with Crippen molar-refractivity contribution >= 4 is 37.4 Å². The second-order valence-electron chi connectivity index (χ2n) is 19.9. The van der Waals surface area contributed by atoms with Gasteiger partial charge < -0.3 is 14.0 Å². The number of fused-ring (bicyclic) bond motifs is 1. The summed E-state index contributed by atoms with van der Waals surface area (Å²) >= 11 is 0. The van der Waals surface area contributed by atoms with E-state index in [1.165, 1.54) is 38.3 Å². The maximum atomic E-state index is 10.1. The second kappa shape index (κ2) is 17.3. The van der Waals surface area contributed by atoms with Gasteiger partial charge in [0.15, 0.2) is 0 Å². The van der Waals surface area contributed by atoms with E-state index in [0.717, 1.165) is 49.7 Å². The molecule has 4 aromatic carbocycles. The molecule has 310 valence electrons. The molecule has 0 spiro atoms. The average Bonchev–Trinajstić information content (AvgIpc) is 3.59. The highest BCUT2D eigenvalue weighted by Gasteiger charge is 2.55. The largest absolute Gasteiger partial charge is 0.404 e. The van der Waals surface area contributed by atoms with Crippen LogP contribution >= 0.6 is 0 Å². The van der Waals surface area contributed by atoms with E-state index in [1.807, 2.05) is 0 Å². The molecule has 1 N–H and O–H groups in total. The summed E-state index contributed by atoms with van der Waals surface area (Å²) in [5.41, 5.74) is 4.98. The van der Waals surface area contributed by atoms with Gasteiger partial charge in [-0.25, -0.2) is 0 Å². The van der Waals surface area contributed by atoms with Crippen molar-refractivity contribution in [2.75, 3.05) is 6.61 Å². The molecule has 0 bridgehead atoms. The predicted molar refractivity (Wildman–Crippen MR) is 254 cm³/mol. The smallest absolute Gasteiger partial charge is 0.261 e. The van der Waals surface area contributed by atoms with Gasteiger partial charge in [0.05, 0.1) is 18.8 Å². The Balaban J connectivity index is 1.37. The van der Waals surface area contributed by atoms with E-state index in [1.54, 1.807) is 0 Å². The van der Waals surface area contributed by atoms with E-state index in [9.17, 15) is 5.11 Å². The fraction of sp³-hybridized carbons (Fsp3) is 0.407. The van der Waals surface area contributed by atoms with E-state index >= 15 is 0 Å². The summed E-state index contributed by atoms with van der Waals surface area (Å²) in [5, 5.41) is 14.9. The molecule has 0 unspecified atom stereocenters. The second-order valence-corrected chi connectivity index (χ2v) is 28.4. The number of aliphatic hydroxyl groups excluding tert-OH is 1. The fourth-order valence-corrected chi connectivity index (χ4v) is 20.9. The minimum atomic E-state index is -2.94. The molecule has 3 aliphatic rings. The van der Waals surface area contributed by atoms with Crippen LogP contribution in [0.2, 0.25) is 10.1 Å². The van der Waals surface area contributed by atoms with Gasteiger partial charge >= 0.3 is 0 Å². The quantitative estimate of drug-likeness (QED) is 0.121. The Morgan fingerprint density at radius 3 is 1.61 bits per heavy atom. The third-order valence-electron chi connectivity index (χ3n) is 14.4. The highest BCUT2D eigenvalue weighted by molar-refractivity contribution is 7.00. The molecule has 4 aromatic rings. The zero-order chi connectivity index (χ0) is 42.1. The molecule has 0 amide bonds. The van der Waals surface area contributed by atoms with Gasteiger partial charge in [-0.15, -0.1) is 0 Å². The number of rotatable bonds is 11. The summed E-state index contributed by atoms with van der Waals surface area (Å²) in [6.45, 7) is 26.0. The maximum Gasteiger partial charge on any atom is 0.261 e. The van der Waals surface area contributed by atoms with Crippen molar-refractivity contribution in [3.05, 3.63) is 169 Å². The van der Waals surface area contributed by atoms with E-state index in [0.29, 0.717) is 11.8 Å². The zero-order valence-electron chi connectivity index (χ0n) is 36.8. The maximum absolute atomic E-state index is 10.1. The van der Waals surface area contributed by atoms with Crippen molar-refractivity contribution in [3.63, 3.8) is 0 Å². The Morgan fingerprint density at radius 1 is 0.712 bits per heavy atom. The first-order valence-corrected chi connectivity index (χ1v) is 25.9. The lowest BCUT2D eigenvalue weighted by molar-refractivity contribution is 0.102. The first-order chi connectivity index (χ1) is 28.2. The Labute approximate surface area is 358 Å². The molecule has 5 heteroatoms. The van der Waals surface area contributed by atoms with Gasteiger partial charge in [0, 0.05) is 6.42 Å². The van der Waals surface area contributed by atoms with Crippen molar-refractivity contribution in [3.8, 4) is 0 Å². The molecule has 5 atom stereocenters. The van der Waals surface area contributed by atoms with Crippen LogP contribution in [0.3, 0.4) is 0 Å². The number of hydrogen-bond acceptors (Lipinski definition) is 3. The first kappa shape index (κ1) is 43.2. The Kier molecular flexibility index (Phi) is 12.7. The van der Waals surface area contributed by atoms with Gasteiger partial charge in [-0.2, -0.15) is 0 Å². The van der Waals surface area contributed by atoms with Crippen molar-refractivity contribution in [1.82, 2.24) is 0 Å². The molecule has 3 nitrogen and oxygen atoms in total. The molecule has 59 heavy (non-hydrogen) atoms. The molecule has 0 radical (unpaired) electrons. The van der Waals surface area contributed by atoms with Crippen LogP contribution < -0.4 is 20.7 Å². The molecular formula is C54H68O3Si2. The molecular weight excluding hydrogens is 753 g/mol. The Hall–Kier alpha value is -3.85. The average molecular weight is 821 g/mol. The van der Waals surface area contributed by atoms with Crippen LogP contribution in [0.1, 0.15) is 93.4 Å². The van der Waals surface area contributed by atoms with Gasteiger partial charge in [0.1, 0.15) is 0 Å². The molecule has 7 rings (SSSR count). The van der Waals surface area contributed by atoms with Gasteiger partial charge in [-0.05, 0) is 103 Å². The van der Waals surface area contributed by atoms with Gasteiger partial charge in [0.2, 0.25) is 0 Å². The topological polar surface area (TPSA) is 38.7 Å². The lowest BCUT2D eigenvalue weighted by atomic mass is 9.62. The standard InChI is InChI=1S/C54H68O3Si2/c1-40(39-55)49-34-35-50-42(23-22-36-54(49,50)9)32-33-43-37-44(56-58(52(3,4)5,45-24-14-10-15-25-45)46-26-16-11-17-27-46)38-51(41(43)2)57-59(53(6,7)8,47-28-18-12-19-29-47)48-30-20-13-21-31-48/h10-21,24-33,44,49-51,55H,1-2,22-23,34-39H2,3-9H3/b42-32+,43-33+/t44-,49-,50+,51+,54-/m1/s1. The third kappa shape index (κ3) is 8.06. The summed E-state index contributed by atoms with van der Waals surface area (Å²) in [6, 6.07) is 44.1. The fourth-order valence-electron chi connectivity index (χ4n) is 11.5. The molecule has 0 aromatic heterocycles. The molecule has 3 saturated carbocycles. The minimum Gasteiger partial charge on any atom is -0.404 e. The van der Waals surface area contributed by atoms with Crippen LogP contribution in [0.25, 0.3) is 0 Å². The predicted octanol–water partition coefficient (Wildman–Crippen LogP) is 10.8. The van der Waals surface area contributed by atoms with Gasteiger partial charge in [-0.1, -0.05) is 201 Å². The molecule has 3 aliphatic carbocycles. The van der Waals surface area contributed by atoms with Crippen molar-refractivity contribution in [1.29, 1.82) is 0 Å². The lowest BCUT2D eigenvalue weighted by Gasteiger charge is -2.49. The Morgan fingerprint density at radius 2 is 1.17 bits per heavy atom. The van der Waals surface area contributed by atoms with E-state index in [2.05, 4.69) is 189 Å². The zero-order valence-corrected chi connectivity index (χ0v) is 38.8. The molecule has 0 aliphatic heterocycles. The van der Waals surface area contributed by atoms with Crippen LogP contribution in [-0.4, -0.2) is 40.6 Å². The number of hydrogen-bond donors (Lipinski definition) is 1. The number of allylic oxidation sites excluding steroid dienone is 3. The lowest BCUT2D eigenvalue weighted by Crippen LogP contribution is -2.69. The van der Waals surface area contributed by atoms with Crippen molar-refractivity contribution in [2.45, 2.75) is 116 Å². The highest BCUT2D eigenvalue weighted by Crippen LogP contribution is 2.59. The summed E-state index contributed by atoms with van der Waals surface area (Å²) in [5.74, 6) is 0.860. The van der Waals surface area contributed by atoms with Gasteiger partial charge in [0.25, 0.3) is 16.6 Å². The van der Waals surface area contributed by atoms with Crippen molar-refractivity contribution < 1.29 is 14.0 Å². The van der Waals surface area contributed by atoms with Crippen LogP contribution in [0.15, 0.2) is 169 Å². The van der Waals surface area contributed by atoms with E-state index in [4.69, 9.17) is 15.4 Å². The van der Waals surface area contributed by atoms with Crippen LogP contribution in [0, 0.1) is 17.3 Å². The molecule has 3 fully saturated rings. The highest BCUT2D eigenvalue weighted by atomic mass is 28.4. The summed E-state index contributed by atoms with van der Waals surface area (Å²) < 4.78 is 16.0. The first-order valence-electron chi connectivity index (χ1n) is 22.1. The number of benzene rings is 4. The van der Waals surface area contributed by atoms with E-state index < -0.39 is 16.6 Å². The molecule has 0 heterocycles. The minimum absolute atomic E-state index is 0.0787. The van der Waals surface area contributed by atoms with Crippen LogP contribution in [0.5, 0.6) is 0 Å². The summed E-state index contributed by atoms with van der Waals surface area (Å²) in [7, 11) is -5.83. The molecule has 0 saturated heterocycles. The normalized spacial score (nSPS) is 25.6. The van der Waals surface area contributed by atoms with Crippen LogP contribution in [0.4, 0.5) is 0 Å².